The average molecular weight is 195 g/mol. The summed E-state index contributed by atoms with van der Waals surface area (Å²) in [5, 5.41) is 6.29. The zero-order valence-electron chi connectivity index (χ0n) is 7.52. The van der Waals surface area contributed by atoms with Crippen LogP contribution in [0.25, 0.3) is 0 Å². The summed E-state index contributed by atoms with van der Waals surface area (Å²) in [6.07, 6.45) is 4.10. The van der Waals surface area contributed by atoms with E-state index in [4.69, 9.17) is 0 Å². The Morgan fingerprint density at radius 2 is 2.23 bits per heavy atom. The van der Waals surface area contributed by atoms with Crippen molar-refractivity contribution in [2.45, 2.75) is 25.3 Å². The van der Waals surface area contributed by atoms with Gasteiger partial charge in [-0.1, -0.05) is 4.49 Å². The SMILES string of the molecule is c1snnc1C1CC2CCN1CC2. The van der Waals surface area contributed by atoms with E-state index in [1.807, 2.05) is 0 Å². The lowest BCUT2D eigenvalue weighted by Crippen LogP contribution is -2.43. The molecule has 4 heterocycles. The first-order chi connectivity index (χ1) is 6.43. The summed E-state index contributed by atoms with van der Waals surface area (Å²) in [7, 11) is 0. The molecule has 13 heavy (non-hydrogen) atoms. The monoisotopic (exact) mass is 195 g/mol. The highest BCUT2D eigenvalue weighted by Gasteiger charge is 2.35. The Bertz CT molecular complexity index is 277. The van der Waals surface area contributed by atoms with Gasteiger partial charge in [0.15, 0.2) is 0 Å². The van der Waals surface area contributed by atoms with Gasteiger partial charge in [-0.2, -0.15) is 0 Å². The fraction of sp³-hybridized carbons (Fsp3) is 0.778. The van der Waals surface area contributed by atoms with E-state index in [0.717, 1.165) is 5.92 Å². The van der Waals surface area contributed by atoms with Gasteiger partial charge in [-0.25, -0.2) is 0 Å². The molecule has 0 spiro atoms. The van der Waals surface area contributed by atoms with E-state index in [1.165, 1.54) is 49.6 Å². The minimum absolute atomic E-state index is 0.589. The summed E-state index contributed by atoms with van der Waals surface area (Å²) in [4.78, 5) is 2.57. The maximum atomic E-state index is 4.19. The molecule has 0 saturated carbocycles. The van der Waals surface area contributed by atoms with Crippen LogP contribution in [0.15, 0.2) is 5.38 Å². The van der Waals surface area contributed by atoms with Crippen molar-refractivity contribution in [3.8, 4) is 0 Å². The van der Waals surface area contributed by atoms with Gasteiger partial charge in [-0.3, -0.25) is 4.90 Å². The predicted octanol–water partition coefficient (Wildman–Crippen LogP) is 1.69. The maximum Gasteiger partial charge on any atom is 0.0927 e. The molecule has 4 rings (SSSR count). The van der Waals surface area contributed by atoms with E-state index < -0.39 is 0 Å². The van der Waals surface area contributed by atoms with Crippen LogP contribution in [0.2, 0.25) is 0 Å². The van der Waals surface area contributed by atoms with Crippen LogP contribution >= 0.6 is 11.5 Å². The lowest BCUT2D eigenvalue weighted by molar-refractivity contribution is 0.0468. The van der Waals surface area contributed by atoms with E-state index >= 15 is 0 Å². The van der Waals surface area contributed by atoms with Crippen LogP contribution < -0.4 is 0 Å². The molecule has 3 aliphatic rings. The standard InChI is InChI=1S/C9H13N3S/c1-3-12-4-2-7(1)5-9(12)8-6-13-11-10-8/h6-7,9H,1-5H2. The van der Waals surface area contributed by atoms with Gasteiger partial charge in [0.1, 0.15) is 0 Å². The topological polar surface area (TPSA) is 29.0 Å². The summed E-state index contributed by atoms with van der Waals surface area (Å²) in [6, 6.07) is 0.589. The molecule has 1 aromatic rings. The first kappa shape index (κ1) is 7.88. The predicted molar refractivity (Wildman–Crippen MR) is 51.6 cm³/mol. The van der Waals surface area contributed by atoms with E-state index in [-0.39, 0.29) is 0 Å². The average Bonchev–Trinajstić information content (AvgIpc) is 2.72. The van der Waals surface area contributed by atoms with E-state index in [1.54, 1.807) is 0 Å². The number of rotatable bonds is 1. The van der Waals surface area contributed by atoms with Gasteiger partial charge in [0.25, 0.3) is 0 Å². The van der Waals surface area contributed by atoms with Gasteiger partial charge in [0, 0.05) is 5.38 Å². The lowest BCUT2D eigenvalue weighted by Gasteiger charge is -2.44. The van der Waals surface area contributed by atoms with Gasteiger partial charge in [-0.05, 0) is 49.8 Å². The molecular formula is C9H13N3S. The highest BCUT2D eigenvalue weighted by Crippen LogP contribution is 2.39. The summed E-state index contributed by atoms with van der Waals surface area (Å²) in [6.45, 7) is 2.54. The zero-order chi connectivity index (χ0) is 8.67. The summed E-state index contributed by atoms with van der Waals surface area (Å²) < 4.78 is 3.95. The molecule has 3 saturated heterocycles. The molecule has 4 heteroatoms. The summed E-state index contributed by atoms with van der Waals surface area (Å²) in [5.74, 6) is 0.955. The van der Waals surface area contributed by atoms with Crippen LogP contribution in [0.5, 0.6) is 0 Å². The van der Waals surface area contributed by atoms with Crippen molar-refractivity contribution in [1.29, 1.82) is 0 Å². The Morgan fingerprint density at radius 1 is 1.38 bits per heavy atom. The molecule has 1 aromatic heterocycles. The van der Waals surface area contributed by atoms with Crippen LogP contribution in [-0.4, -0.2) is 27.6 Å². The minimum atomic E-state index is 0.589. The van der Waals surface area contributed by atoms with Gasteiger partial charge in [-0.15, -0.1) is 5.10 Å². The maximum absolute atomic E-state index is 4.19. The first-order valence-electron chi connectivity index (χ1n) is 4.94. The highest BCUT2D eigenvalue weighted by atomic mass is 32.1. The Kier molecular flexibility index (Phi) is 1.84. The highest BCUT2D eigenvalue weighted by molar-refractivity contribution is 7.03. The van der Waals surface area contributed by atoms with Crippen LogP contribution in [0.3, 0.4) is 0 Å². The molecule has 1 unspecified atom stereocenters. The minimum Gasteiger partial charge on any atom is -0.295 e. The number of nitrogens with zero attached hydrogens (tertiary/aromatic N) is 3. The molecule has 0 aromatic carbocycles. The van der Waals surface area contributed by atoms with Crippen molar-refractivity contribution in [2.75, 3.05) is 13.1 Å². The second-order valence-electron chi connectivity index (χ2n) is 4.06. The normalized spacial score (nSPS) is 38.0. The van der Waals surface area contributed by atoms with Crippen molar-refractivity contribution < 1.29 is 0 Å². The third-order valence-electron chi connectivity index (χ3n) is 3.36. The molecule has 0 amide bonds. The number of hydrogen-bond acceptors (Lipinski definition) is 4. The molecule has 3 nitrogen and oxygen atoms in total. The van der Waals surface area contributed by atoms with E-state index in [0.29, 0.717) is 6.04 Å². The molecular weight excluding hydrogens is 182 g/mol. The van der Waals surface area contributed by atoms with Crippen LogP contribution in [0, 0.1) is 5.92 Å². The number of piperidine rings is 3. The van der Waals surface area contributed by atoms with Crippen molar-refractivity contribution in [1.82, 2.24) is 14.5 Å². The Balaban J connectivity index is 1.85. The largest absolute Gasteiger partial charge is 0.295 e. The smallest absolute Gasteiger partial charge is 0.0927 e. The summed E-state index contributed by atoms with van der Waals surface area (Å²) in [5.41, 5.74) is 1.20. The van der Waals surface area contributed by atoms with Crippen molar-refractivity contribution in [2.24, 2.45) is 5.92 Å². The quantitative estimate of drug-likeness (QED) is 0.683. The molecule has 3 fully saturated rings. The first-order valence-corrected chi connectivity index (χ1v) is 5.78. The number of hydrogen-bond donors (Lipinski definition) is 0. The molecule has 0 N–H and O–H groups in total. The van der Waals surface area contributed by atoms with Crippen LogP contribution in [0.1, 0.15) is 31.0 Å². The third kappa shape index (κ3) is 1.28. The molecule has 0 radical (unpaired) electrons. The van der Waals surface area contributed by atoms with Gasteiger partial charge >= 0.3 is 0 Å². The summed E-state index contributed by atoms with van der Waals surface area (Å²) >= 11 is 1.47. The molecule has 70 valence electrons. The Labute approximate surface area is 81.9 Å². The van der Waals surface area contributed by atoms with Crippen LogP contribution in [0.4, 0.5) is 0 Å². The molecule has 3 aliphatic heterocycles. The van der Waals surface area contributed by atoms with Crippen molar-refractivity contribution in [3.63, 3.8) is 0 Å². The van der Waals surface area contributed by atoms with Gasteiger partial charge < -0.3 is 0 Å². The molecule has 2 bridgehead atoms. The fourth-order valence-corrected chi connectivity index (χ4v) is 3.09. The second-order valence-corrected chi connectivity index (χ2v) is 4.67. The molecule has 1 atom stereocenters. The van der Waals surface area contributed by atoms with Gasteiger partial charge in [0.05, 0.1) is 11.7 Å². The molecule has 0 aliphatic carbocycles. The van der Waals surface area contributed by atoms with Crippen molar-refractivity contribution >= 4 is 11.5 Å². The number of aromatic nitrogens is 2. The van der Waals surface area contributed by atoms with E-state index in [2.05, 4.69) is 19.9 Å². The lowest BCUT2D eigenvalue weighted by atomic mass is 9.82. The second kappa shape index (κ2) is 3.03. The van der Waals surface area contributed by atoms with E-state index in [9.17, 15) is 0 Å². The zero-order valence-corrected chi connectivity index (χ0v) is 8.33. The van der Waals surface area contributed by atoms with Crippen LogP contribution in [-0.2, 0) is 0 Å². The Morgan fingerprint density at radius 3 is 2.77 bits per heavy atom. The van der Waals surface area contributed by atoms with Gasteiger partial charge in [0.2, 0.25) is 0 Å². The third-order valence-corrected chi connectivity index (χ3v) is 3.89. The fourth-order valence-electron chi connectivity index (χ4n) is 2.59. The van der Waals surface area contributed by atoms with Crippen molar-refractivity contribution in [3.05, 3.63) is 11.1 Å². The number of fused-ring (bicyclic) bond motifs is 3. The Hall–Kier alpha value is -0.480.